The number of aromatic nitrogens is 2. The zero-order chi connectivity index (χ0) is 10.6. The molecule has 0 aliphatic carbocycles. The first kappa shape index (κ1) is 10.4. The fraction of sp³-hybridized carbons (Fsp3) is 0.300. The van der Waals surface area contributed by atoms with Crippen LogP contribution in [0, 0.1) is 6.92 Å². The Balaban J connectivity index is 3.19. The van der Waals surface area contributed by atoms with Gasteiger partial charge >= 0.3 is 0 Å². The third-order valence-corrected chi connectivity index (χ3v) is 1.66. The van der Waals surface area contributed by atoms with E-state index in [4.69, 9.17) is 0 Å². The van der Waals surface area contributed by atoms with Gasteiger partial charge in [-0.15, -0.1) is 0 Å². The molecule has 1 aromatic rings. The van der Waals surface area contributed by atoms with Gasteiger partial charge in [-0.25, -0.2) is 14.7 Å². The molecule has 4 nitrogen and oxygen atoms in total. The maximum atomic E-state index is 4.26. The lowest BCUT2D eigenvalue weighted by atomic mass is 10.4. The van der Waals surface area contributed by atoms with E-state index in [1.807, 2.05) is 19.9 Å². The normalized spacial score (nSPS) is 11.4. The van der Waals surface area contributed by atoms with Gasteiger partial charge in [-0.05, 0) is 19.9 Å². The van der Waals surface area contributed by atoms with Crippen molar-refractivity contribution in [1.82, 2.24) is 9.66 Å². The summed E-state index contributed by atoms with van der Waals surface area (Å²) < 4.78 is 1.60. The van der Waals surface area contributed by atoms with Crippen molar-refractivity contribution in [3.8, 4) is 0 Å². The summed E-state index contributed by atoms with van der Waals surface area (Å²) in [5, 5.41) is 3.83. The van der Waals surface area contributed by atoms with E-state index in [0.29, 0.717) is 12.2 Å². The second-order valence-corrected chi connectivity index (χ2v) is 3.11. The van der Waals surface area contributed by atoms with E-state index >= 15 is 0 Å². The molecule has 0 unspecified atom stereocenters. The summed E-state index contributed by atoms with van der Waals surface area (Å²) >= 11 is 0. The molecule has 0 saturated carbocycles. The Bertz CT molecular complexity index is 414. The van der Waals surface area contributed by atoms with Crippen LogP contribution in [-0.4, -0.2) is 22.9 Å². The first-order chi connectivity index (χ1) is 6.65. The Morgan fingerprint density at radius 3 is 2.93 bits per heavy atom. The van der Waals surface area contributed by atoms with Crippen LogP contribution in [0.5, 0.6) is 0 Å². The quantitative estimate of drug-likeness (QED) is 0.520. The molecule has 14 heavy (non-hydrogen) atoms. The van der Waals surface area contributed by atoms with Crippen molar-refractivity contribution in [2.24, 2.45) is 10.1 Å². The largest absolute Gasteiger partial charge is 0.246 e. The van der Waals surface area contributed by atoms with Gasteiger partial charge in [0.05, 0.1) is 6.54 Å². The molecule has 4 heteroatoms. The lowest BCUT2D eigenvalue weighted by molar-refractivity contribution is 0.720. The van der Waals surface area contributed by atoms with Gasteiger partial charge in [0, 0.05) is 18.6 Å². The monoisotopic (exact) mass is 190 g/mol. The van der Waals surface area contributed by atoms with Crippen LogP contribution in [0.3, 0.4) is 0 Å². The highest BCUT2D eigenvalue weighted by molar-refractivity contribution is 5.23. The van der Waals surface area contributed by atoms with Gasteiger partial charge in [-0.3, -0.25) is 0 Å². The highest BCUT2D eigenvalue weighted by atomic mass is 15.4. The van der Waals surface area contributed by atoms with Crippen LogP contribution in [0.25, 0.3) is 0 Å². The number of rotatable bonds is 3. The third-order valence-electron chi connectivity index (χ3n) is 1.66. The molecule has 74 valence electrons. The van der Waals surface area contributed by atoms with Crippen molar-refractivity contribution < 1.29 is 0 Å². The van der Waals surface area contributed by atoms with E-state index in [2.05, 4.69) is 28.4 Å². The smallest absolute Gasteiger partial charge is 0.245 e. The van der Waals surface area contributed by atoms with Crippen LogP contribution < -0.4 is 5.62 Å². The molecular weight excluding hydrogens is 176 g/mol. The molecule has 0 fully saturated rings. The highest BCUT2D eigenvalue weighted by Crippen LogP contribution is 1.90. The van der Waals surface area contributed by atoms with Gasteiger partial charge in [0.25, 0.3) is 0 Å². The SMILES string of the molecule is C=Nn1c(C)ccn/c1=N/CC(=C)C. The first-order valence-corrected chi connectivity index (χ1v) is 4.31. The van der Waals surface area contributed by atoms with Crippen LogP contribution in [0.1, 0.15) is 12.6 Å². The van der Waals surface area contributed by atoms with E-state index in [9.17, 15) is 0 Å². The molecule has 0 spiro atoms. The predicted molar refractivity (Wildman–Crippen MR) is 57.2 cm³/mol. The number of aryl methyl sites for hydroxylation is 1. The third kappa shape index (κ3) is 2.39. The molecule has 0 aliphatic rings. The van der Waals surface area contributed by atoms with E-state index in [1.54, 1.807) is 10.9 Å². The fourth-order valence-corrected chi connectivity index (χ4v) is 0.983. The Morgan fingerprint density at radius 2 is 2.36 bits per heavy atom. The second kappa shape index (κ2) is 4.50. The van der Waals surface area contributed by atoms with Crippen LogP contribution in [0.2, 0.25) is 0 Å². The van der Waals surface area contributed by atoms with Crippen molar-refractivity contribution in [3.05, 3.63) is 35.7 Å². The van der Waals surface area contributed by atoms with Crippen molar-refractivity contribution in [1.29, 1.82) is 0 Å². The highest BCUT2D eigenvalue weighted by Gasteiger charge is 1.94. The summed E-state index contributed by atoms with van der Waals surface area (Å²) in [7, 11) is 0. The van der Waals surface area contributed by atoms with Gasteiger partial charge in [0.15, 0.2) is 0 Å². The molecule has 1 rings (SSSR count). The first-order valence-electron chi connectivity index (χ1n) is 4.31. The molecule has 0 aliphatic heterocycles. The Kier molecular flexibility index (Phi) is 3.34. The molecule has 0 aromatic carbocycles. The summed E-state index contributed by atoms with van der Waals surface area (Å²) in [5.41, 5.74) is 2.50. The average Bonchev–Trinajstić information content (AvgIpc) is 2.14. The standard InChI is InChI=1S/C10H14N4/c1-8(2)7-13-10-12-6-5-9(3)14(10)11-4/h5-6H,1,4,7H2,2-3H3/b13-10-. The van der Waals surface area contributed by atoms with Gasteiger partial charge in [-0.2, -0.15) is 5.10 Å². The summed E-state index contributed by atoms with van der Waals surface area (Å²) in [6.45, 7) is 11.7. The molecule has 0 bridgehead atoms. The lowest BCUT2D eigenvalue weighted by Gasteiger charge is -2.02. The van der Waals surface area contributed by atoms with E-state index < -0.39 is 0 Å². The zero-order valence-electron chi connectivity index (χ0n) is 8.56. The number of nitrogens with zero attached hydrogens (tertiary/aromatic N) is 4. The minimum absolute atomic E-state index is 0.558. The number of hydrogen-bond donors (Lipinski definition) is 0. The summed E-state index contributed by atoms with van der Waals surface area (Å²) in [6, 6.07) is 1.86. The average molecular weight is 190 g/mol. The molecule has 0 atom stereocenters. The molecule has 0 saturated heterocycles. The van der Waals surface area contributed by atoms with Gasteiger partial charge in [0.1, 0.15) is 0 Å². The summed E-state index contributed by atoms with van der Waals surface area (Å²) in [5.74, 6) is 0. The maximum Gasteiger partial charge on any atom is 0.246 e. The molecule has 0 amide bonds. The van der Waals surface area contributed by atoms with Crippen molar-refractivity contribution >= 4 is 6.72 Å². The van der Waals surface area contributed by atoms with E-state index in [-0.39, 0.29) is 0 Å². The van der Waals surface area contributed by atoms with Crippen molar-refractivity contribution in [3.63, 3.8) is 0 Å². The van der Waals surface area contributed by atoms with E-state index in [1.165, 1.54) is 0 Å². The van der Waals surface area contributed by atoms with Gasteiger partial charge in [-0.1, -0.05) is 12.2 Å². The Labute approximate surface area is 83.3 Å². The van der Waals surface area contributed by atoms with Crippen LogP contribution in [0.4, 0.5) is 0 Å². The van der Waals surface area contributed by atoms with E-state index in [0.717, 1.165) is 11.3 Å². The maximum absolute atomic E-state index is 4.26. The lowest BCUT2D eigenvalue weighted by Crippen LogP contribution is -2.23. The van der Waals surface area contributed by atoms with Gasteiger partial charge in [0.2, 0.25) is 5.62 Å². The zero-order valence-corrected chi connectivity index (χ0v) is 8.56. The number of hydrogen-bond acceptors (Lipinski definition) is 3. The summed E-state index contributed by atoms with van der Waals surface area (Å²) in [6.07, 6.45) is 1.70. The second-order valence-electron chi connectivity index (χ2n) is 3.11. The van der Waals surface area contributed by atoms with Crippen LogP contribution >= 0.6 is 0 Å². The molecule has 1 heterocycles. The minimum atomic E-state index is 0.558. The molecule has 1 aromatic heterocycles. The van der Waals surface area contributed by atoms with Crippen LogP contribution in [-0.2, 0) is 0 Å². The van der Waals surface area contributed by atoms with Gasteiger partial charge < -0.3 is 0 Å². The fourth-order valence-electron chi connectivity index (χ4n) is 0.983. The molecule has 0 radical (unpaired) electrons. The summed E-state index contributed by atoms with van der Waals surface area (Å²) in [4.78, 5) is 8.36. The van der Waals surface area contributed by atoms with Crippen molar-refractivity contribution in [2.45, 2.75) is 13.8 Å². The van der Waals surface area contributed by atoms with Crippen molar-refractivity contribution in [2.75, 3.05) is 6.54 Å². The Morgan fingerprint density at radius 1 is 1.64 bits per heavy atom. The minimum Gasteiger partial charge on any atom is -0.245 e. The van der Waals surface area contributed by atoms with Crippen LogP contribution in [0.15, 0.2) is 34.5 Å². The molecule has 0 N–H and O–H groups in total. The predicted octanol–water partition coefficient (Wildman–Crippen LogP) is 1.13. The topological polar surface area (TPSA) is 42.5 Å². The Hall–Kier alpha value is -1.71. The molecular formula is C10H14N4.